The zero-order valence-electron chi connectivity index (χ0n) is 10.4. The standard InChI is InChI=1S/C8H18N.C4H8.Ga/c1-6-9(7(2)3)8(4)5;1-3-4-2;/h7-8H,1,6H2,2-5H3;1-4H2;. The van der Waals surface area contributed by atoms with Crippen LogP contribution in [0.2, 0.25) is 14.9 Å². The summed E-state index contributed by atoms with van der Waals surface area (Å²) in [5.41, 5.74) is 0. The van der Waals surface area contributed by atoms with Crippen LogP contribution in [0.4, 0.5) is 0 Å². The molecule has 82 valence electrons. The zero-order valence-corrected chi connectivity index (χ0v) is 12.8. The molecule has 0 aromatic rings. The van der Waals surface area contributed by atoms with Crippen LogP contribution in [0.25, 0.3) is 0 Å². The van der Waals surface area contributed by atoms with E-state index < -0.39 is 16.2 Å². The van der Waals surface area contributed by atoms with E-state index in [0.717, 1.165) is 12.1 Å². The van der Waals surface area contributed by atoms with Crippen molar-refractivity contribution in [3.63, 3.8) is 0 Å². The summed E-state index contributed by atoms with van der Waals surface area (Å²) in [6, 6.07) is 1.47. The van der Waals surface area contributed by atoms with E-state index in [1.165, 1.54) is 6.54 Å². The Hall–Kier alpha value is 0.596. The van der Waals surface area contributed by atoms with E-state index in [-0.39, 0.29) is 0 Å². The molecule has 1 heterocycles. The summed E-state index contributed by atoms with van der Waals surface area (Å²) in [7, 11) is 0. The summed E-state index contributed by atoms with van der Waals surface area (Å²) < 4.78 is 0. The van der Waals surface area contributed by atoms with Crippen LogP contribution in [0, 0.1) is 0 Å². The Labute approximate surface area is 95.3 Å². The van der Waals surface area contributed by atoms with Gasteiger partial charge in [0.25, 0.3) is 0 Å². The van der Waals surface area contributed by atoms with Crippen LogP contribution in [-0.4, -0.2) is 39.7 Å². The van der Waals surface area contributed by atoms with Gasteiger partial charge in [0, 0.05) is 0 Å². The minimum atomic E-state index is -0.716. The third-order valence-corrected chi connectivity index (χ3v) is 11.0. The second-order valence-corrected chi connectivity index (χ2v) is 12.6. The van der Waals surface area contributed by atoms with Crippen LogP contribution in [-0.2, 0) is 0 Å². The van der Waals surface area contributed by atoms with E-state index in [1.807, 2.05) is 0 Å². The van der Waals surface area contributed by atoms with Crippen molar-refractivity contribution >= 4 is 16.2 Å². The van der Waals surface area contributed by atoms with Gasteiger partial charge in [-0.2, -0.15) is 0 Å². The van der Waals surface area contributed by atoms with Crippen LogP contribution in [0.5, 0.6) is 0 Å². The van der Waals surface area contributed by atoms with Gasteiger partial charge in [-0.3, -0.25) is 0 Å². The summed E-state index contributed by atoms with van der Waals surface area (Å²) in [4.78, 5) is 7.64. The van der Waals surface area contributed by atoms with E-state index in [9.17, 15) is 0 Å². The molecule has 1 aliphatic heterocycles. The Morgan fingerprint density at radius 2 is 1.50 bits per heavy atom. The van der Waals surface area contributed by atoms with Gasteiger partial charge in [-0.05, 0) is 0 Å². The molecule has 2 heteroatoms. The summed E-state index contributed by atoms with van der Waals surface area (Å²) >= 11 is -0.716. The normalized spacial score (nSPS) is 17.8. The van der Waals surface area contributed by atoms with Crippen LogP contribution >= 0.6 is 0 Å². The van der Waals surface area contributed by atoms with Crippen molar-refractivity contribution in [2.75, 3.05) is 6.54 Å². The predicted molar refractivity (Wildman–Crippen MR) is 66.4 cm³/mol. The van der Waals surface area contributed by atoms with Gasteiger partial charge in [-0.15, -0.1) is 0 Å². The van der Waals surface area contributed by atoms with E-state index in [4.69, 9.17) is 0 Å². The molecule has 0 aliphatic carbocycles. The fourth-order valence-corrected chi connectivity index (χ4v) is 9.59. The predicted octanol–water partition coefficient (Wildman–Crippen LogP) is 3.39. The van der Waals surface area contributed by atoms with Crippen molar-refractivity contribution in [3.8, 4) is 0 Å². The molecule has 1 saturated heterocycles. The molecular formula is C12H26GaN. The van der Waals surface area contributed by atoms with Crippen LogP contribution in [0.1, 0.15) is 40.5 Å². The molecular weight excluding hydrogens is 228 g/mol. The Morgan fingerprint density at radius 1 is 1.00 bits per heavy atom. The first-order chi connectivity index (χ1) is 6.61. The SMILES string of the molecule is CC(C)N(C[CH2][Ga]1[CH2]CC[CH2]1)C(C)C. The average molecular weight is 254 g/mol. The van der Waals surface area contributed by atoms with Gasteiger partial charge in [0.2, 0.25) is 0 Å². The monoisotopic (exact) mass is 253 g/mol. The maximum atomic E-state index is 2.67. The van der Waals surface area contributed by atoms with Gasteiger partial charge >= 0.3 is 95.2 Å². The van der Waals surface area contributed by atoms with Gasteiger partial charge in [0.05, 0.1) is 0 Å². The molecule has 0 bridgehead atoms. The number of hydrogen-bond donors (Lipinski definition) is 0. The molecule has 1 aliphatic rings. The Balaban J connectivity index is 2.25. The number of rotatable bonds is 5. The summed E-state index contributed by atoms with van der Waals surface area (Å²) in [5, 5.41) is 0. The van der Waals surface area contributed by atoms with E-state index in [2.05, 4.69) is 32.6 Å². The number of nitrogens with zero attached hydrogens (tertiary/aromatic N) is 1. The Bertz CT molecular complexity index is 142. The fraction of sp³-hybridized carbons (Fsp3) is 1.00. The molecule has 1 fully saturated rings. The fourth-order valence-electron chi connectivity index (χ4n) is 2.74. The first kappa shape index (κ1) is 12.7. The number of hydrogen-bond acceptors (Lipinski definition) is 1. The van der Waals surface area contributed by atoms with Gasteiger partial charge < -0.3 is 0 Å². The third-order valence-electron chi connectivity index (χ3n) is 3.60. The third kappa shape index (κ3) is 3.99. The molecule has 0 N–H and O–H groups in total. The molecule has 0 aromatic carbocycles. The van der Waals surface area contributed by atoms with Crippen molar-refractivity contribution in [2.24, 2.45) is 0 Å². The molecule has 14 heavy (non-hydrogen) atoms. The van der Waals surface area contributed by atoms with Crippen LogP contribution < -0.4 is 0 Å². The topological polar surface area (TPSA) is 3.24 Å². The molecule has 0 amide bonds. The molecule has 1 nitrogen and oxygen atoms in total. The second-order valence-electron chi connectivity index (χ2n) is 5.36. The van der Waals surface area contributed by atoms with E-state index in [0.29, 0.717) is 0 Å². The van der Waals surface area contributed by atoms with Crippen LogP contribution in [0.15, 0.2) is 0 Å². The molecule has 0 unspecified atom stereocenters. The maximum absolute atomic E-state index is 2.67. The molecule has 0 spiro atoms. The Kier molecular flexibility index (Phi) is 5.64. The first-order valence-electron chi connectivity index (χ1n) is 6.37. The molecule has 0 radical (unpaired) electrons. The van der Waals surface area contributed by atoms with E-state index >= 15 is 0 Å². The van der Waals surface area contributed by atoms with Gasteiger partial charge in [0.1, 0.15) is 0 Å². The summed E-state index contributed by atoms with van der Waals surface area (Å²) in [6.45, 7) is 10.7. The van der Waals surface area contributed by atoms with Crippen molar-refractivity contribution in [1.29, 1.82) is 0 Å². The van der Waals surface area contributed by atoms with Crippen molar-refractivity contribution in [2.45, 2.75) is 67.5 Å². The minimum absolute atomic E-state index is 0.716. The quantitative estimate of drug-likeness (QED) is 0.679. The summed E-state index contributed by atoms with van der Waals surface area (Å²) in [6.07, 6.45) is 3.13. The summed E-state index contributed by atoms with van der Waals surface area (Å²) in [5.74, 6) is 0. The zero-order chi connectivity index (χ0) is 10.6. The van der Waals surface area contributed by atoms with Gasteiger partial charge in [-0.25, -0.2) is 0 Å². The molecule has 0 aromatic heterocycles. The molecule has 0 atom stereocenters. The van der Waals surface area contributed by atoms with Gasteiger partial charge in [0.15, 0.2) is 0 Å². The average Bonchev–Trinajstić information content (AvgIpc) is 2.55. The van der Waals surface area contributed by atoms with Crippen molar-refractivity contribution < 1.29 is 0 Å². The van der Waals surface area contributed by atoms with Gasteiger partial charge in [-0.1, -0.05) is 0 Å². The molecule has 1 rings (SSSR count). The van der Waals surface area contributed by atoms with Crippen molar-refractivity contribution in [3.05, 3.63) is 0 Å². The second kappa shape index (κ2) is 6.24. The Morgan fingerprint density at radius 3 is 1.93 bits per heavy atom. The van der Waals surface area contributed by atoms with E-state index in [1.54, 1.807) is 27.8 Å². The molecule has 0 saturated carbocycles. The van der Waals surface area contributed by atoms with Crippen molar-refractivity contribution in [1.82, 2.24) is 4.90 Å². The van der Waals surface area contributed by atoms with Crippen LogP contribution in [0.3, 0.4) is 0 Å². The first-order valence-corrected chi connectivity index (χ1v) is 11.5.